The fourth-order valence-corrected chi connectivity index (χ4v) is 2.89. The van der Waals surface area contributed by atoms with Crippen LogP contribution in [0.15, 0.2) is 12.1 Å². The highest BCUT2D eigenvalue weighted by atomic mass is 16.5. The SMILES string of the molecule is Cc1cc(C(C)C(=O)OCCCCCC(C)C)cc(C(C)(C)C)c1O. The minimum atomic E-state index is -0.323. The zero-order chi connectivity index (χ0) is 19.2. The predicted octanol–water partition coefficient (Wildman–Crippen LogP) is 5.86. The summed E-state index contributed by atoms with van der Waals surface area (Å²) >= 11 is 0. The summed E-state index contributed by atoms with van der Waals surface area (Å²) in [7, 11) is 0. The largest absolute Gasteiger partial charge is 0.507 e. The third-order valence-electron chi connectivity index (χ3n) is 4.65. The van der Waals surface area contributed by atoms with E-state index in [-0.39, 0.29) is 17.3 Å². The Morgan fingerprint density at radius 2 is 1.76 bits per heavy atom. The number of benzene rings is 1. The van der Waals surface area contributed by atoms with Gasteiger partial charge in [0, 0.05) is 0 Å². The van der Waals surface area contributed by atoms with Crippen LogP contribution in [0.1, 0.15) is 89.8 Å². The Morgan fingerprint density at radius 1 is 1.12 bits per heavy atom. The van der Waals surface area contributed by atoms with Gasteiger partial charge in [-0.05, 0) is 48.3 Å². The summed E-state index contributed by atoms with van der Waals surface area (Å²) in [6.45, 7) is 14.9. The van der Waals surface area contributed by atoms with Gasteiger partial charge in [-0.1, -0.05) is 66.0 Å². The maximum absolute atomic E-state index is 12.4. The van der Waals surface area contributed by atoms with Crippen molar-refractivity contribution in [2.75, 3.05) is 6.61 Å². The van der Waals surface area contributed by atoms with Gasteiger partial charge in [0.2, 0.25) is 0 Å². The zero-order valence-electron chi connectivity index (χ0n) is 17.1. The van der Waals surface area contributed by atoms with Crippen molar-refractivity contribution in [2.24, 2.45) is 5.92 Å². The molecule has 0 aliphatic carbocycles. The molecule has 0 amide bonds. The van der Waals surface area contributed by atoms with Crippen LogP contribution >= 0.6 is 0 Å². The zero-order valence-corrected chi connectivity index (χ0v) is 17.1. The van der Waals surface area contributed by atoms with Crippen molar-refractivity contribution >= 4 is 5.97 Å². The number of phenolic OH excluding ortho intramolecular Hbond substituents is 1. The minimum Gasteiger partial charge on any atom is -0.507 e. The molecule has 0 aromatic heterocycles. The number of esters is 1. The maximum atomic E-state index is 12.4. The predicted molar refractivity (Wildman–Crippen MR) is 104 cm³/mol. The highest BCUT2D eigenvalue weighted by Crippen LogP contribution is 2.36. The van der Waals surface area contributed by atoms with Crippen molar-refractivity contribution in [3.8, 4) is 5.75 Å². The first-order valence-corrected chi connectivity index (χ1v) is 9.54. The first kappa shape index (κ1) is 21.5. The molecule has 0 bridgehead atoms. The highest BCUT2D eigenvalue weighted by Gasteiger charge is 2.24. The average Bonchev–Trinajstić information content (AvgIpc) is 2.50. The number of ether oxygens (including phenoxy) is 1. The second-order valence-corrected chi connectivity index (χ2v) is 8.62. The van der Waals surface area contributed by atoms with Crippen LogP contribution in [0.25, 0.3) is 0 Å². The van der Waals surface area contributed by atoms with Crippen molar-refractivity contribution in [3.63, 3.8) is 0 Å². The van der Waals surface area contributed by atoms with E-state index < -0.39 is 0 Å². The van der Waals surface area contributed by atoms with E-state index in [1.807, 2.05) is 26.0 Å². The smallest absolute Gasteiger partial charge is 0.313 e. The Hall–Kier alpha value is -1.51. The number of aryl methyl sites for hydroxylation is 1. The van der Waals surface area contributed by atoms with E-state index in [4.69, 9.17) is 4.74 Å². The molecule has 1 N–H and O–H groups in total. The van der Waals surface area contributed by atoms with Gasteiger partial charge in [-0.15, -0.1) is 0 Å². The number of hydrogen-bond acceptors (Lipinski definition) is 3. The Bertz CT molecular complexity index is 567. The molecule has 3 heteroatoms. The van der Waals surface area contributed by atoms with Crippen LogP contribution in [0.5, 0.6) is 5.75 Å². The van der Waals surface area contributed by atoms with Crippen LogP contribution in [0.4, 0.5) is 0 Å². The molecule has 142 valence electrons. The lowest BCUT2D eigenvalue weighted by Crippen LogP contribution is -2.17. The molecule has 0 spiro atoms. The van der Waals surface area contributed by atoms with E-state index in [1.54, 1.807) is 0 Å². The van der Waals surface area contributed by atoms with Gasteiger partial charge in [-0.25, -0.2) is 0 Å². The van der Waals surface area contributed by atoms with Crippen molar-refractivity contribution < 1.29 is 14.6 Å². The van der Waals surface area contributed by atoms with Crippen molar-refractivity contribution in [1.29, 1.82) is 0 Å². The van der Waals surface area contributed by atoms with Gasteiger partial charge < -0.3 is 9.84 Å². The van der Waals surface area contributed by atoms with Crippen LogP contribution in [0, 0.1) is 12.8 Å². The molecular formula is C22H36O3. The average molecular weight is 349 g/mol. The molecule has 0 aliphatic heterocycles. The lowest BCUT2D eigenvalue weighted by molar-refractivity contribution is -0.145. The van der Waals surface area contributed by atoms with Crippen molar-refractivity contribution in [2.45, 2.75) is 85.5 Å². The van der Waals surface area contributed by atoms with E-state index in [2.05, 4.69) is 34.6 Å². The summed E-state index contributed by atoms with van der Waals surface area (Å²) in [5.74, 6) is 0.546. The third kappa shape index (κ3) is 6.72. The molecule has 25 heavy (non-hydrogen) atoms. The Morgan fingerprint density at radius 3 is 2.32 bits per heavy atom. The lowest BCUT2D eigenvalue weighted by Gasteiger charge is -2.24. The van der Waals surface area contributed by atoms with Crippen LogP contribution in [-0.2, 0) is 14.9 Å². The van der Waals surface area contributed by atoms with Gasteiger partial charge in [0.15, 0.2) is 0 Å². The number of carbonyl (C=O) groups is 1. The minimum absolute atomic E-state index is 0.176. The fourth-order valence-electron chi connectivity index (χ4n) is 2.89. The summed E-state index contributed by atoms with van der Waals surface area (Å²) < 4.78 is 5.46. The third-order valence-corrected chi connectivity index (χ3v) is 4.65. The van der Waals surface area contributed by atoms with E-state index in [9.17, 15) is 9.90 Å². The molecule has 0 saturated heterocycles. The number of unbranched alkanes of at least 4 members (excludes halogenated alkanes) is 2. The van der Waals surface area contributed by atoms with Gasteiger partial charge in [0.1, 0.15) is 5.75 Å². The molecule has 1 aromatic rings. The first-order valence-electron chi connectivity index (χ1n) is 9.54. The molecule has 0 fully saturated rings. The monoisotopic (exact) mass is 348 g/mol. The van der Waals surface area contributed by atoms with Crippen LogP contribution in [0.3, 0.4) is 0 Å². The lowest BCUT2D eigenvalue weighted by atomic mass is 9.82. The van der Waals surface area contributed by atoms with Crippen LogP contribution in [0.2, 0.25) is 0 Å². The Balaban J connectivity index is 2.66. The van der Waals surface area contributed by atoms with Gasteiger partial charge >= 0.3 is 5.97 Å². The quantitative estimate of drug-likeness (QED) is 0.472. The second-order valence-electron chi connectivity index (χ2n) is 8.62. The number of carbonyl (C=O) groups excluding carboxylic acids is 1. The maximum Gasteiger partial charge on any atom is 0.313 e. The molecule has 1 atom stereocenters. The molecular weight excluding hydrogens is 312 g/mol. The van der Waals surface area contributed by atoms with E-state index >= 15 is 0 Å². The molecule has 0 heterocycles. The number of phenols is 1. The fraction of sp³-hybridized carbons (Fsp3) is 0.682. The molecule has 0 radical (unpaired) electrons. The van der Waals surface area contributed by atoms with Gasteiger partial charge in [-0.2, -0.15) is 0 Å². The van der Waals surface area contributed by atoms with E-state index in [0.29, 0.717) is 12.4 Å². The molecule has 1 unspecified atom stereocenters. The van der Waals surface area contributed by atoms with Gasteiger partial charge in [-0.3, -0.25) is 4.79 Å². The van der Waals surface area contributed by atoms with Crippen LogP contribution < -0.4 is 0 Å². The van der Waals surface area contributed by atoms with E-state index in [1.165, 1.54) is 12.8 Å². The number of rotatable bonds is 8. The number of hydrogen-bond donors (Lipinski definition) is 1. The normalized spacial score (nSPS) is 13.1. The molecule has 1 aromatic carbocycles. The highest BCUT2D eigenvalue weighted by molar-refractivity contribution is 5.78. The Labute approximate surface area is 153 Å². The van der Waals surface area contributed by atoms with E-state index in [0.717, 1.165) is 35.4 Å². The number of aromatic hydroxyl groups is 1. The summed E-state index contributed by atoms with van der Waals surface area (Å²) in [6.07, 6.45) is 4.45. The summed E-state index contributed by atoms with van der Waals surface area (Å²) in [4.78, 5) is 12.4. The first-order chi connectivity index (χ1) is 11.5. The van der Waals surface area contributed by atoms with Gasteiger partial charge in [0.25, 0.3) is 0 Å². The van der Waals surface area contributed by atoms with Crippen molar-refractivity contribution in [3.05, 3.63) is 28.8 Å². The topological polar surface area (TPSA) is 46.5 Å². The molecule has 3 nitrogen and oxygen atoms in total. The second kappa shape index (κ2) is 9.26. The molecule has 1 rings (SSSR count). The molecule has 0 aliphatic rings. The standard InChI is InChI=1S/C22H36O3/c1-15(2)11-9-8-10-12-25-21(24)17(4)18-13-16(3)20(23)19(14-18)22(5,6)7/h13-15,17,23H,8-12H2,1-7H3. The van der Waals surface area contributed by atoms with Gasteiger partial charge in [0.05, 0.1) is 12.5 Å². The Kier molecular flexibility index (Phi) is 7.98. The summed E-state index contributed by atoms with van der Waals surface area (Å²) in [5.41, 5.74) is 2.40. The summed E-state index contributed by atoms with van der Waals surface area (Å²) in [6, 6.07) is 3.83. The molecule has 0 saturated carbocycles. The summed E-state index contributed by atoms with van der Waals surface area (Å²) in [5, 5.41) is 10.3. The van der Waals surface area contributed by atoms with Crippen molar-refractivity contribution in [1.82, 2.24) is 0 Å². The van der Waals surface area contributed by atoms with Crippen LogP contribution in [-0.4, -0.2) is 17.7 Å².